The van der Waals surface area contributed by atoms with E-state index in [1.165, 1.54) is 12.4 Å². The fraction of sp³-hybridized carbons (Fsp3) is 0.700. The third-order valence-electron chi connectivity index (χ3n) is 3.07. The van der Waals surface area contributed by atoms with Gasteiger partial charge in [0.15, 0.2) is 0 Å². The van der Waals surface area contributed by atoms with E-state index in [9.17, 15) is 8.42 Å². The normalized spacial score (nSPS) is 17.3. The second kappa shape index (κ2) is 5.37. The summed E-state index contributed by atoms with van der Waals surface area (Å²) in [6.45, 7) is 0.488. The number of nitrogens with one attached hydrogen (secondary N) is 1. The van der Waals surface area contributed by atoms with Crippen LogP contribution in [0, 0.1) is 0 Å². The standard InChI is InChI=1S/C10H16ClN3O2S/c11-5-2-6-14(9-3-1-4-9)17(15,16)10-7-12-13-8-10/h7-9H,1-6H2,(H,12,13). The summed E-state index contributed by atoms with van der Waals surface area (Å²) in [5.41, 5.74) is 0. The molecular weight excluding hydrogens is 262 g/mol. The monoisotopic (exact) mass is 277 g/mol. The molecule has 1 aliphatic carbocycles. The van der Waals surface area contributed by atoms with Crippen LogP contribution in [0.5, 0.6) is 0 Å². The Morgan fingerprint density at radius 2 is 2.29 bits per heavy atom. The quantitative estimate of drug-likeness (QED) is 0.803. The van der Waals surface area contributed by atoms with Crippen LogP contribution in [-0.2, 0) is 10.0 Å². The van der Waals surface area contributed by atoms with Gasteiger partial charge in [-0.2, -0.15) is 9.40 Å². The molecule has 5 nitrogen and oxygen atoms in total. The van der Waals surface area contributed by atoms with Gasteiger partial charge < -0.3 is 0 Å². The molecule has 0 atom stereocenters. The van der Waals surface area contributed by atoms with Gasteiger partial charge in [0.25, 0.3) is 0 Å². The van der Waals surface area contributed by atoms with Crippen molar-refractivity contribution in [2.75, 3.05) is 12.4 Å². The van der Waals surface area contributed by atoms with E-state index < -0.39 is 10.0 Å². The number of aromatic amines is 1. The average molecular weight is 278 g/mol. The second-order valence-electron chi connectivity index (χ2n) is 4.18. The first-order chi connectivity index (χ1) is 8.16. The molecule has 0 unspecified atom stereocenters. The van der Waals surface area contributed by atoms with Crippen molar-refractivity contribution in [3.63, 3.8) is 0 Å². The van der Waals surface area contributed by atoms with Crippen molar-refractivity contribution in [3.8, 4) is 0 Å². The zero-order valence-electron chi connectivity index (χ0n) is 9.47. The van der Waals surface area contributed by atoms with Gasteiger partial charge in [-0.25, -0.2) is 8.42 Å². The summed E-state index contributed by atoms with van der Waals surface area (Å²) in [5.74, 6) is 0.476. The summed E-state index contributed by atoms with van der Waals surface area (Å²) in [5, 5.41) is 6.24. The fourth-order valence-corrected chi connectivity index (χ4v) is 3.66. The third-order valence-corrected chi connectivity index (χ3v) is 5.26. The molecule has 0 radical (unpaired) electrons. The summed E-state index contributed by atoms with van der Waals surface area (Å²) in [6, 6.07) is 0.137. The molecule has 1 fully saturated rings. The van der Waals surface area contributed by atoms with Crippen molar-refractivity contribution in [2.45, 2.75) is 36.6 Å². The summed E-state index contributed by atoms with van der Waals surface area (Å²) in [6.07, 6.45) is 6.43. The molecule has 1 N–H and O–H groups in total. The lowest BCUT2D eigenvalue weighted by Gasteiger charge is -2.36. The SMILES string of the molecule is O=S(=O)(c1cn[nH]c1)N(CCCCl)C1CCC1. The van der Waals surface area contributed by atoms with Gasteiger partial charge in [0, 0.05) is 24.7 Å². The van der Waals surface area contributed by atoms with Crippen LogP contribution in [0.1, 0.15) is 25.7 Å². The van der Waals surface area contributed by atoms with Crippen molar-refractivity contribution in [1.29, 1.82) is 0 Å². The van der Waals surface area contributed by atoms with E-state index in [-0.39, 0.29) is 10.9 Å². The predicted molar refractivity (Wildman–Crippen MR) is 65.5 cm³/mol. The molecule has 0 aliphatic heterocycles. The highest BCUT2D eigenvalue weighted by atomic mass is 35.5. The largest absolute Gasteiger partial charge is 0.284 e. The van der Waals surface area contributed by atoms with Gasteiger partial charge in [-0.3, -0.25) is 5.10 Å². The average Bonchev–Trinajstić information content (AvgIpc) is 2.74. The first kappa shape index (κ1) is 12.9. The van der Waals surface area contributed by atoms with Crippen molar-refractivity contribution in [1.82, 2.24) is 14.5 Å². The molecule has 96 valence electrons. The van der Waals surface area contributed by atoms with Crippen LogP contribution in [0.2, 0.25) is 0 Å². The van der Waals surface area contributed by atoms with Crippen LogP contribution in [0.25, 0.3) is 0 Å². The Hall–Kier alpha value is -0.590. The number of halogens is 1. The predicted octanol–water partition coefficient (Wildman–Crippen LogP) is 1.58. The minimum Gasteiger partial charge on any atom is -0.284 e. The molecule has 0 saturated heterocycles. The Bertz CT molecular complexity index is 442. The Labute approximate surface area is 106 Å². The van der Waals surface area contributed by atoms with E-state index in [0.29, 0.717) is 18.8 Å². The summed E-state index contributed by atoms with van der Waals surface area (Å²) in [7, 11) is -3.41. The Kier molecular flexibility index (Phi) is 4.06. The maximum atomic E-state index is 12.4. The summed E-state index contributed by atoms with van der Waals surface area (Å²) in [4.78, 5) is 0.235. The Morgan fingerprint density at radius 3 is 2.76 bits per heavy atom. The Balaban J connectivity index is 2.19. The molecule has 0 spiro atoms. The topological polar surface area (TPSA) is 66.1 Å². The van der Waals surface area contributed by atoms with E-state index in [4.69, 9.17) is 11.6 Å². The number of hydrogen-bond acceptors (Lipinski definition) is 3. The minimum absolute atomic E-state index is 0.137. The van der Waals surface area contributed by atoms with E-state index in [1.807, 2.05) is 0 Å². The van der Waals surface area contributed by atoms with Gasteiger partial charge in [-0.15, -0.1) is 11.6 Å². The molecule has 0 amide bonds. The van der Waals surface area contributed by atoms with Gasteiger partial charge in [0.1, 0.15) is 4.90 Å². The van der Waals surface area contributed by atoms with Gasteiger partial charge >= 0.3 is 0 Å². The maximum Gasteiger partial charge on any atom is 0.246 e. The second-order valence-corrected chi connectivity index (χ2v) is 6.45. The summed E-state index contributed by atoms with van der Waals surface area (Å²) < 4.78 is 26.3. The van der Waals surface area contributed by atoms with Crippen molar-refractivity contribution in [3.05, 3.63) is 12.4 Å². The molecule has 1 heterocycles. The lowest BCUT2D eigenvalue weighted by Crippen LogP contribution is -2.44. The van der Waals surface area contributed by atoms with Crippen molar-refractivity contribution < 1.29 is 8.42 Å². The zero-order valence-corrected chi connectivity index (χ0v) is 11.0. The number of aromatic nitrogens is 2. The molecule has 7 heteroatoms. The highest BCUT2D eigenvalue weighted by Gasteiger charge is 2.34. The molecule has 0 aromatic carbocycles. The first-order valence-corrected chi connectivity index (χ1v) is 7.70. The highest BCUT2D eigenvalue weighted by molar-refractivity contribution is 7.89. The van der Waals surface area contributed by atoms with Crippen LogP contribution in [0.4, 0.5) is 0 Å². The fourth-order valence-electron chi connectivity index (χ4n) is 1.90. The lowest BCUT2D eigenvalue weighted by molar-refractivity contribution is 0.220. The van der Waals surface area contributed by atoms with Crippen LogP contribution in [0.3, 0.4) is 0 Å². The van der Waals surface area contributed by atoms with Crippen LogP contribution < -0.4 is 0 Å². The van der Waals surface area contributed by atoms with E-state index >= 15 is 0 Å². The lowest BCUT2D eigenvalue weighted by atomic mass is 9.93. The Morgan fingerprint density at radius 1 is 1.53 bits per heavy atom. The smallest absolute Gasteiger partial charge is 0.246 e. The number of rotatable bonds is 6. The van der Waals surface area contributed by atoms with Crippen LogP contribution >= 0.6 is 11.6 Å². The number of H-pyrrole nitrogens is 1. The molecule has 17 heavy (non-hydrogen) atoms. The molecular formula is C10H16ClN3O2S. The molecule has 1 saturated carbocycles. The molecule has 0 bridgehead atoms. The molecule has 2 rings (SSSR count). The van der Waals surface area contributed by atoms with Gasteiger partial charge in [-0.1, -0.05) is 6.42 Å². The number of alkyl halides is 1. The minimum atomic E-state index is -3.41. The van der Waals surface area contributed by atoms with Crippen molar-refractivity contribution >= 4 is 21.6 Å². The highest BCUT2D eigenvalue weighted by Crippen LogP contribution is 2.29. The van der Waals surface area contributed by atoms with E-state index in [1.54, 1.807) is 4.31 Å². The van der Waals surface area contributed by atoms with Gasteiger partial charge in [0.2, 0.25) is 10.0 Å². The van der Waals surface area contributed by atoms with Crippen LogP contribution in [-0.4, -0.2) is 41.4 Å². The number of nitrogens with zero attached hydrogens (tertiary/aromatic N) is 2. The molecule has 1 aliphatic rings. The first-order valence-electron chi connectivity index (χ1n) is 5.73. The number of hydrogen-bond donors (Lipinski definition) is 1. The zero-order chi connectivity index (χ0) is 12.3. The molecule has 1 aromatic rings. The van der Waals surface area contributed by atoms with E-state index in [2.05, 4.69) is 10.2 Å². The van der Waals surface area contributed by atoms with Gasteiger partial charge in [0.05, 0.1) is 6.20 Å². The van der Waals surface area contributed by atoms with E-state index in [0.717, 1.165) is 19.3 Å². The summed E-state index contributed by atoms with van der Waals surface area (Å²) >= 11 is 5.65. The third kappa shape index (κ3) is 2.64. The molecule has 1 aromatic heterocycles. The van der Waals surface area contributed by atoms with Crippen LogP contribution in [0.15, 0.2) is 17.3 Å². The van der Waals surface area contributed by atoms with Gasteiger partial charge in [-0.05, 0) is 19.3 Å². The van der Waals surface area contributed by atoms with Crippen molar-refractivity contribution in [2.24, 2.45) is 0 Å². The maximum absolute atomic E-state index is 12.4. The number of sulfonamides is 1.